The van der Waals surface area contributed by atoms with Gasteiger partial charge in [-0.2, -0.15) is 0 Å². The Morgan fingerprint density at radius 1 is 1.50 bits per heavy atom. The van der Waals surface area contributed by atoms with Crippen LogP contribution < -0.4 is 10.1 Å². The highest BCUT2D eigenvalue weighted by Crippen LogP contribution is 2.19. The van der Waals surface area contributed by atoms with E-state index in [1.807, 2.05) is 26.0 Å². The predicted molar refractivity (Wildman–Crippen MR) is 71.2 cm³/mol. The van der Waals surface area contributed by atoms with E-state index in [1.54, 1.807) is 13.2 Å². The van der Waals surface area contributed by atoms with Gasteiger partial charge in [0.05, 0.1) is 13.2 Å². The number of aryl methyl sites for hydroxylation is 1. The van der Waals surface area contributed by atoms with Crippen molar-refractivity contribution in [3.63, 3.8) is 0 Å². The summed E-state index contributed by atoms with van der Waals surface area (Å²) in [6.07, 6.45) is 0.652. The minimum atomic E-state index is -0.246. The first-order chi connectivity index (χ1) is 8.60. The maximum Gasteiger partial charge on any atom is 0.179 e. The smallest absolute Gasteiger partial charge is 0.179 e. The minimum Gasteiger partial charge on any atom is -0.496 e. The Bertz CT molecular complexity index is 404. The molecule has 1 aromatic carbocycles. The number of aliphatic hydroxyl groups is 1. The number of ether oxygens (including phenoxy) is 1. The molecule has 0 aromatic heterocycles. The normalized spacial score (nSPS) is 12.2. The van der Waals surface area contributed by atoms with Crippen molar-refractivity contribution in [3.8, 4) is 5.75 Å². The van der Waals surface area contributed by atoms with Crippen LogP contribution in [-0.4, -0.2) is 37.2 Å². The molecule has 0 aliphatic rings. The lowest BCUT2D eigenvalue weighted by Crippen LogP contribution is -2.35. The number of methoxy groups -OCH3 is 1. The van der Waals surface area contributed by atoms with E-state index >= 15 is 0 Å². The number of hydrogen-bond donors (Lipinski definition) is 2. The van der Waals surface area contributed by atoms with Gasteiger partial charge in [-0.25, -0.2) is 0 Å². The summed E-state index contributed by atoms with van der Waals surface area (Å²) in [4.78, 5) is 12.1. The summed E-state index contributed by atoms with van der Waals surface area (Å²) >= 11 is 0. The van der Waals surface area contributed by atoms with E-state index < -0.39 is 0 Å². The molecule has 0 aliphatic heterocycles. The summed E-state index contributed by atoms with van der Waals surface area (Å²) in [5.74, 6) is 0.839. The monoisotopic (exact) mass is 251 g/mol. The lowest BCUT2D eigenvalue weighted by atomic mass is 10.0. The Morgan fingerprint density at radius 3 is 2.78 bits per heavy atom. The van der Waals surface area contributed by atoms with Crippen LogP contribution in [0.4, 0.5) is 0 Å². The van der Waals surface area contributed by atoms with Crippen LogP contribution in [0.25, 0.3) is 0 Å². The van der Waals surface area contributed by atoms with Crippen LogP contribution in [0, 0.1) is 6.92 Å². The van der Waals surface area contributed by atoms with Crippen molar-refractivity contribution < 1.29 is 14.6 Å². The molecule has 1 atom stereocenters. The number of carbonyl (C=O) groups excluding carboxylic acids is 1. The third-order valence-corrected chi connectivity index (χ3v) is 2.86. The molecule has 4 nitrogen and oxygen atoms in total. The Hall–Kier alpha value is -1.39. The highest BCUT2D eigenvalue weighted by molar-refractivity contribution is 6.00. The van der Waals surface area contributed by atoms with Gasteiger partial charge in [-0.15, -0.1) is 0 Å². The van der Waals surface area contributed by atoms with Crippen LogP contribution in [0.2, 0.25) is 0 Å². The van der Waals surface area contributed by atoms with Gasteiger partial charge in [0.15, 0.2) is 5.78 Å². The van der Waals surface area contributed by atoms with Crippen molar-refractivity contribution >= 4 is 5.78 Å². The Kier molecular flexibility index (Phi) is 5.82. The van der Waals surface area contributed by atoms with Crippen molar-refractivity contribution in [1.29, 1.82) is 0 Å². The third-order valence-electron chi connectivity index (χ3n) is 2.86. The second kappa shape index (κ2) is 7.13. The Labute approximate surface area is 108 Å². The molecule has 0 saturated carbocycles. The topological polar surface area (TPSA) is 58.6 Å². The fourth-order valence-corrected chi connectivity index (χ4v) is 1.77. The standard InChI is InChI=1S/C14H21NO3/c1-10-9-12(5-6-13(10)18-3)14(17)11(2)15-7-4-8-16/h5-6,9,11,15-16H,4,7-8H2,1-3H3. The van der Waals surface area contributed by atoms with Gasteiger partial charge in [0.25, 0.3) is 0 Å². The zero-order valence-corrected chi connectivity index (χ0v) is 11.2. The van der Waals surface area contributed by atoms with Crippen LogP contribution in [-0.2, 0) is 0 Å². The second-order valence-electron chi connectivity index (χ2n) is 4.30. The quantitative estimate of drug-likeness (QED) is 0.570. The molecule has 0 bridgehead atoms. The van der Waals surface area contributed by atoms with Crippen LogP contribution >= 0.6 is 0 Å². The van der Waals surface area contributed by atoms with E-state index in [0.717, 1.165) is 11.3 Å². The number of carbonyl (C=O) groups is 1. The van der Waals surface area contributed by atoms with Crippen molar-refractivity contribution in [2.75, 3.05) is 20.3 Å². The SMILES string of the molecule is COc1ccc(C(=O)C(C)NCCCO)cc1C. The molecule has 1 aromatic rings. The van der Waals surface area contributed by atoms with Gasteiger partial charge >= 0.3 is 0 Å². The van der Waals surface area contributed by atoms with Crippen LogP contribution in [0.1, 0.15) is 29.3 Å². The maximum atomic E-state index is 12.1. The zero-order valence-electron chi connectivity index (χ0n) is 11.2. The fraction of sp³-hybridized carbons (Fsp3) is 0.500. The maximum absolute atomic E-state index is 12.1. The summed E-state index contributed by atoms with van der Waals surface area (Å²) in [6.45, 7) is 4.52. The predicted octanol–water partition coefficient (Wildman–Crippen LogP) is 1.55. The van der Waals surface area contributed by atoms with E-state index in [2.05, 4.69) is 5.32 Å². The summed E-state index contributed by atoms with van der Waals surface area (Å²) in [5, 5.41) is 11.8. The summed E-state index contributed by atoms with van der Waals surface area (Å²) < 4.78 is 5.16. The van der Waals surface area contributed by atoms with Gasteiger partial charge in [0, 0.05) is 12.2 Å². The number of Topliss-reactive ketones (excluding diaryl/α,β-unsaturated/α-hetero) is 1. The number of aliphatic hydroxyl groups excluding tert-OH is 1. The number of rotatable bonds is 7. The van der Waals surface area contributed by atoms with Gasteiger partial charge in [0.1, 0.15) is 5.75 Å². The molecule has 0 fully saturated rings. The summed E-state index contributed by atoms with van der Waals surface area (Å²) in [6, 6.07) is 5.18. The van der Waals surface area contributed by atoms with E-state index in [4.69, 9.17) is 9.84 Å². The molecule has 1 rings (SSSR count). The van der Waals surface area contributed by atoms with Gasteiger partial charge in [-0.05, 0) is 50.6 Å². The largest absolute Gasteiger partial charge is 0.496 e. The minimum absolute atomic E-state index is 0.0543. The Morgan fingerprint density at radius 2 is 2.22 bits per heavy atom. The first-order valence-electron chi connectivity index (χ1n) is 6.13. The molecule has 0 amide bonds. The van der Waals surface area contributed by atoms with Gasteiger partial charge < -0.3 is 15.2 Å². The van der Waals surface area contributed by atoms with Gasteiger partial charge in [-0.1, -0.05) is 0 Å². The van der Waals surface area contributed by atoms with Crippen molar-refractivity contribution in [2.45, 2.75) is 26.3 Å². The zero-order chi connectivity index (χ0) is 13.5. The Balaban J connectivity index is 2.68. The van der Waals surface area contributed by atoms with E-state index in [9.17, 15) is 4.79 Å². The molecule has 4 heteroatoms. The lowest BCUT2D eigenvalue weighted by Gasteiger charge is -2.13. The average molecular weight is 251 g/mol. The third kappa shape index (κ3) is 3.82. The molecular formula is C14H21NO3. The molecule has 18 heavy (non-hydrogen) atoms. The first kappa shape index (κ1) is 14.7. The number of ketones is 1. The van der Waals surface area contributed by atoms with Crippen molar-refractivity contribution in [1.82, 2.24) is 5.32 Å². The van der Waals surface area contributed by atoms with Crippen LogP contribution in [0.5, 0.6) is 5.75 Å². The first-order valence-corrected chi connectivity index (χ1v) is 6.13. The second-order valence-corrected chi connectivity index (χ2v) is 4.30. The number of nitrogens with one attached hydrogen (secondary N) is 1. The molecule has 0 radical (unpaired) electrons. The fourth-order valence-electron chi connectivity index (χ4n) is 1.77. The summed E-state index contributed by atoms with van der Waals surface area (Å²) in [7, 11) is 1.61. The lowest BCUT2D eigenvalue weighted by molar-refractivity contribution is 0.0949. The molecule has 0 saturated heterocycles. The highest BCUT2D eigenvalue weighted by Gasteiger charge is 2.15. The van der Waals surface area contributed by atoms with Crippen molar-refractivity contribution in [2.24, 2.45) is 0 Å². The van der Waals surface area contributed by atoms with Crippen LogP contribution in [0.15, 0.2) is 18.2 Å². The molecule has 0 spiro atoms. The highest BCUT2D eigenvalue weighted by atomic mass is 16.5. The molecule has 100 valence electrons. The molecular weight excluding hydrogens is 230 g/mol. The van der Waals surface area contributed by atoms with Crippen LogP contribution in [0.3, 0.4) is 0 Å². The number of benzene rings is 1. The molecule has 2 N–H and O–H groups in total. The van der Waals surface area contributed by atoms with E-state index in [-0.39, 0.29) is 18.4 Å². The average Bonchev–Trinajstić information content (AvgIpc) is 2.38. The van der Waals surface area contributed by atoms with E-state index in [1.165, 1.54) is 0 Å². The summed E-state index contributed by atoms with van der Waals surface area (Å²) in [5.41, 5.74) is 1.63. The van der Waals surface area contributed by atoms with Crippen molar-refractivity contribution in [3.05, 3.63) is 29.3 Å². The van der Waals surface area contributed by atoms with Gasteiger partial charge in [-0.3, -0.25) is 4.79 Å². The molecule has 1 unspecified atom stereocenters. The molecule has 0 aliphatic carbocycles. The van der Waals surface area contributed by atoms with Gasteiger partial charge in [0.2, 0.25) is 0 Å². The number of hydrogen-bond acceptors (Lipinski definition) is 4. The molecule has 0 heterocycles. The van der Waals surface area contributed by atoms with E-state index in [0.29, 0.717) is 18.5 Å².